The van der Waals surface area contributed by atoms with Gasteiger partial charge in [0, 0.05) is 6.42 Å². The van der Waals surface area contributed by atoms with Crippen molar-refractivity contribution in [1.82, 2.24) is 5.32 Å². The smallest absolute Gasteiger partial charge is 0.275 e. The molecule has 0 bridgehead atoms. The number of amides is 1. The molecule has 2 atom stereocenters. The van der Waals surface area contributed by atoms with Crippen LogP contribution in [0.5, 0.6) is 11.5 Å². The molecule has 0 aliphatic carbocycles. The van der Waals surface area contributed by atoms with Gasteiger partial charge in [0.2, 0.25) is 0 Å². The number of hydrogen-bond donors (Lipinski definition) is 2. The van der Waals surface area contributed by atoms with Crippen molar-refractivity contribution >= 4 is 11.5 Å². The molecular weight excluding hydrogens is 352 g/mol. The van der Waals surface area contributed by atoms with E-state index in [1.807, 2.05) is 31.2 Å². The monoisotopic (exact) mass is 379 g/mol. The summed E-state index contributed by atoms with van der Waals surface area (Å²) < 4.78 is 11.2. The first-order valence-electron chi connectivity index (χ1n) is 9.96. The molecule has 5 nitrogen and oxygen atoms in total. The van der Waals surface area contributed by atoms with Crippen molar-refractivity contribution in [3.05, 3.63) is 65.7 Å². The van der Waals surface area contributed by atoms with E-state index >= 15 is 0 Å². The zero-order chi connectivity index (χ0) is 19.3. The highest BCUT2D eigenvalue weighted by atomic mass is 16.6. The molecule has 2 aromatic carbocycles. The minimum absolute atomic E-state index is 0.0667. The second kappa shape index (κ2) is 8.48. The molecule has 2 aliphatic heterocycles. The molecule has 5 heteroatoms. The van der Waals surface area contributed by atoms with Crippen LogP contribution in [0.25, 0.3) is 5.57 Å². The highest BCUT2D eigenvalue weighted by molar-refractivity contribution is 5.77. The summed E-state index contributed by atoms with van der Waals surface area (Å²) >= 11 is 0. The lowest BCUT2D eigenvalue weighted by atomic mass is 9.99. The SMILES string of the molecule is C[C@H](NC(=O)C[NH+]1CC=C(c2ccccc2)CC1)c1ccc2c(c1)OCCO2. The van der Waals surface area contributed by atoms with Crippen LogP contribution in [-0.4, -0.2) is 38.8 Å². The third-order valence-electron chi connectivity index (χ3n) is 5.38. The number of benzene rings is 2. The van der Waals surface area contributed by atoms with E-state index in [9.17, 15) is 4.79 Å². The van der Waals surface area contributed by atoms with Crippen molar-refractivity contribution in [2.24, 2.45) is 0 Å². The third-order valence-corrected chi connectivity index (χ3v) is 5.38. The quantitative estimate of drug-likeness (QED) is 0.836. The molecule has 0 spiro atoms. The summed E-state index contributed by atoms with van der Waals surface area (Å²) in [4.78, 5) is 13.8. The molecule has 0 saturated heterocycles. The summed E-state index contributed by atoms with van der Waals surface area (Å²) in [5.74, 6) is 1.60. The van der Waals surface area contributed by atoms with E-state index in [1.165, 1.54) is 16.0 Å². The Morgan fingerprint density at radius 1 is 1.11 bits per heavy atom. The number of carbonyl (C=O) groups is 1. The van der Waals surface area contributed by atoms with Gasteiger partial charge in [0.15, 0.2) is 18.0 Å². The molecule has 0 radical (unpaired) electrons. The van der Waals surface area contributed by atoms with E-state index in [1.54, 1.807) is 0 Å². The number of ether oxygens (including phenoxy) is 2. The Labute approximate surface area is 165 Å². The highest BCUT2D eigenvalue weighted by Crippen LogP contribution is 2.32. The summed E-state index contributed by atoms with van der Waals surface area (Å²) in [6.07, 6.45) is 3.27. The average molecular weight is 379 g/mol. The summed E-state index contributed by atoms with van der Waals surface area (Å²) in [5, 5.41) is 3.12. The van der Waals surface area contributed by atoms with Gasteiger partial charge in [0.25, 0.3) is 5.91 Å². The maximum atomic E-state index is 12.5. The predicted octanol–water partition coefficient (Wildman–Crippen LogP) is 2.01. The third kappa shape index (κ3) is 4.37. The van der Waals surface area contributed by atoms with Crippen LogP contribution in [0.1, 0.15) is 30.5 Å². The van der Waals surface area contributed by atoms with Gasteiger partial charge in [0.05, 0.1) is 19.1 Å². The second-order valence-electron chi connectivity index (χ2n) is 7.42. The van der Waals surface area contributed by atoms with Crippen molar-refractivity contribution in [2.75, 3.05) is 32.8 Å². The minimum Gasteiger partial charge on any atom is -0.486 e. The van der Waals surface area contributed by atoms with E-state index in [4.69, 9.17) is 9.47 Å². The number of fused-ring (bicyclic) bond motifs is 1. The molecule has 0 aromatic heterocycles. The Bertz CT molecular complexity index is 863. The molecule has 0 saturated carbocycles. The fourth-order valence-electron chi connectivity index (χ4n) is 3.79. The van der Waals surface area contributed by atoms with Gasteiger partial charge < -0.3 is 19.7 Å². The summed E-state index contributed by atoms with van der Waals surface area (Å²) in [6.45, 7) is 5.50. The van der Waals surface area contributed by atoms with Crippen LogP contribution in [0.4, 0.5) is 0 Å². The van der Waals surface area contributed by atoms with Gasteiger partial charge >= 0.3 is 0 Å². The predicted molar refractivity (Wildman–Crippen MR) is 109 cm³/mol. The Balaban J connectivity index is 1.30. The largest absolute Gasteiger partial charge is 0.486 e. The second-order valence-corrected chi connectivity index (χ2v) is 7.42. The zero-order valence-electron chi connectivity index (χ0n) is 16.2. The van der Waals surface area contributed by atoms with Gasteiger partial charge in [-0.05, 0) is 41.8 Å². The molecule has 2 aliphatic rings. The Morgan fingerprint density at radius 2 is 1.89 bits per heavy atom. The summed E-state index contributed by atoms with van der Waals surface area (Å²) in [6, 6.07) is 16.3. The number of hydrogen-bond acceptors (Lipinski definition) is 3. The zero-order valence-corrected chi connectivity index (χ0v) is 16.2. The average Bonchev–Trinajstić information content (AvgIpc) is 2.74. The van der Waals surface area contributed by atoms with Gasteiger partial charge in [-0.25, -0.2) is 0 Å². The lowest BCUT2D eigenvalue weighted by Gasteiger charge is -2.24. The number of nitrogens with one attached hydrogen (secondary N) is 2. The van der Waals surface area contributed by atoms with E-state index in [2.05, 4.69) is 35.7 Å². The molecule has 2 aromatic rings. The van der Waals surface area contributed by atoms with Gasteiger partial charge in [0.1, 0.15) is 13.2 Å². The van der Waals surface area contributed by atoms with Crippen LogP contribution >= 0.6 is 0 Å². The first-order chi connectivity index (χ1) is 13.7. The molecule has 0 fully saturated rings. The van der Waals surface area contributed by atoms with Crippen molar-refractivity contribution < 1.29 is 19.2 Å². The minimum atomic E-state index is -0.0667. The maximum Gasteiger partial charge on any atom is 0.275 e. The number of carbonyl (C=O) groups excluding carboxylic acids is 1. The van der Waals surface area contributed by atoms with Crippen molar-refractivity contribution in [1.29, 1.82) is 0 Å². The fourth-order valence-corrected chi connectivity index (χ4v) is 3.79. The van der Waals surface area contributed by atoms with E-state index < -0.39 is 0 Å². The van der Waals surface area contributed by atoms with Crippen LogP contribution in [0.2, 0.25) is 0 Å². The molecule has 1 amide bonds. The Morgan fingerprint density at radius 3 is 2.64 bits per heavy atom. The van der Waals surface area contributed by atoms with Crippen LogP contribution in [0, 0.1) is 0 Å². The molecule has 2 heterocycles. The summed E-state index contributed by atoms with van der Waals surface area (Å²) in [7, 11) is 0. The lowest BCUT2D eigenvalue weighted by molar-refractivity contribution is -0.886. The number of rotatable bonds is 5. The molecule has 1 unspecified atom stereocenters. The van der Waals surface area contributed by atoms with Crippen molar-refractivity contribution in [2.45, 2.75) is 19.4 Å². The van der Waals surface area contributed by atoms with E-state index in [0.29, 0.717) is 19.8 Å². The summed E-state index contributed by atoms with van der Waals surface area (Å²) in [5.41, 5.74) is 3.70. The molecular formula is C23H27N2O3+. The van der Waals surface area contributed by atoms with Crippen LogP contribution in [0.3, 0.4) is 0 Å². The fraction of sp³-hybridized carbons (Fsp3) is 0.348. The molecule has 28 heavy (non-hydrogen) atoms. The van der Waals surface area contributed by atoms with Gasteiger partial charge in [-0.2, -0.15) is 0 Å². The molecule has 146 valence electrons. The number of quaternary nitrogens is 1. The van der Waals surface area contributed by atoms with Crippen LogP contribution in [0.15, 0.2) is 54.6 Å². The Kier molecular flexibility index (Phi) is 5.63. The topological polar surface area (TPSA) is 52.0 Å². The maximum absolute atomic E-state index is 12.5. The van der Waals surface area contributed by atoms with Crippen molar-refractivity contribution in [3.8, 4) is 11.5 Å². The lowest BCUT2D eigenvalue weighted by Crippen LogP contribution is -3.13. The van der Waals surface area contributed by atoms with E-state index in [-0.39, 0.29) is 11.9 Å². The van der Waals surface area contributed by atoms with Crippen molar-refractivity contribution in [3.63, 3.8) is 0 Å². The van der Waals surface area contributed by atoms with E-state index in [0.717, 1.165) is 36.6 Å². The normalized spacial score (nSPS) is 19.5. The first-order valence-corrected chi connectivity index (χ1v) is 9.96. The van der Waals surface area contributed by atoms with Gasteiger partial charge in [-0.15, -0.1) is 0 Å². The van der Waals surface area contributed by atoms with Gasteiger partial charge in [-0.1, -0.05) is 36.4 Å². The molecule has 2 N–H and O–H groups in total. The highest BCUT2D eigenvalue weighted by Gasteiger charge is 2.21. The standard InChI is InChI=1S/C23H26N2O3/c1-17(20-7-8-21-22(15-20)28-14-13-27-21)24-23(26)16-25-11-9-19(10-12-25)18-5-3-2-4-6-18/h2-9,15,17H,10-14,16H2,1H3,(H,24,26)/p+1/t17-/m0/s1. The van der Waals surface area contributed by atoms with Gasteiger partial charge in [-0.3, -0.25) is 4.79 Å². The molecule has 4 rings (SSSR count). The first kappa shape index (κ1) is 18.6. The van der Waals surface area contributed by atoms with Crippen LogP contribution in [-0.2, 0) is 4.79 Å². The van der Waals surface area contributed by atoms with Crippen LogP contribution < -0.4 is 19.7 Å². The Hall–Kier alpha value is -2.79.